The van der Waals surface area contributed by atoms with Crippen molar-refractivity contribution in [3.8, 4) is 0 Å². The summed E-state index contributed by atoms with van der Waals surface area (Å²) in [6.45, 7) is 4.60. The smallest absolute Gasteiger partial charge is 0.333 e. The first-order chi connectivity index (χ1) is 13.6. The minimum Gasteiger partial charge on any atom is -0.456 e. The molecule has 152 valence electrons. The predicted molar refractivity (Wildman–Crippen MR) is 106 cm³/mol. The molecule has 3 rings (SSSR count). The fourth-order valence-corrected chi connectivity index (χ4v) is 3.20. The van der Waals surface area contributed by atoms with Crippen molar-refractivity contribution in [1.29, 1.82) is 0 Å². The van der Waals surface area contributed by atoms with Crippen LogP contribution in [0.5, 0.6) is 0 Å². The summed E-state index contributed by atoms with van der Waals surface area (Å²) in [5, 5.41) is 0. The van der Waals surface area contributed by atoms with E-state index in [1.807, 2.05) is 26.8 Å². The van der Waals surface area contributed by atoms with Gasteiger partial charge < -0.3 is 9.30 Å². The van der Waals surface area contributed by atoms with E-state index < -0.39 is 30.4 Å². The Balaban J connectivity index is 1.79. The van der Waals surface area contributed by atoms with Crippen LogP contribution in [0.25, 0.3) is 11.2 Å². The highest BCUT2D eigenvalue weighted by molar-refractivity contribution is 5.99. The van der Waals surface area contributed by atoms with E-state index in [-0.39, 0.29) is 16.9 Å². The zero-order valence-corrected chi connectivity index (χ0v) is 17.0. The van der Waals surface area contributed by atoms with Crippen LogP contribution < -0.4 is 11.2 Å². The minimum atomic E-state index is -0.847. The monoisotopic (exact) mass is 398 g/mol. The number of esters is 1. The average Bonchev–Trinajstić information content (AvgIpc) is 3.06. The third kappa shape index (κ3) is 3.63. The Bertz CT molecular complexity index is 1260. The molecule has 0 spiro atoms. The number of rotatable bonds is 5. The lowest BCUT2D eigenvalue weighted by Crippen LogP contribution is -2.41. The van der Waals surface area contributed by atoms with Crippen LogP contribution in [0, 0.1) is 20.8 Å². The fourth-order valence-electron chi connectivity index (χ4n) is 3.20. The number of hydrogen-bond acceptors (Lipinski definition) is 6. The van der Waals surface area contributed by atoms with Gasteiger partial charge in [0.15, 0.2) is 17.8 Å². The molecular formula is C20H22N4O5. The third-order valence-electron chi connectivity index (χ3n) is 4.99. The van der Waals surface area contributed by atoms with Crippen LogP contribution in [0.15, 0.2) is 28.0 Å². The summed E-state index contributed by atoms with van der Waals surface area (Å²) in [5.74, 6) is -1.19. The summed E-state index contributed by atoms with van der Waals surface area (Å²) in [6, 6.07) is 3.66. The number of ether oxygens (including phenoxy) is 1. The zero-order valence-electron chi connectivity index (χ0n) is 17.0. The minimum absolute atomic E-state index is 0.196. The molecule has 0 fully saturated rings. The number of benzene rings is 1. The van der Waals surface area contributed by atoms with Gasteiger partial charge in [0, 0.05) is 19.7 Å². The molecule has 0 aliphatic carbocycles. The van der Waals surface area contributed by atoms with Crippen molar-refractivity contribution in [1.82, 2.24) is 18.7 Å². The van der Waals surface area contributed by atoms with Crippen molar-refractivity contribution in [2.24, 2.45) is 14.1 Å². The number of fused-ring (bicyclic) bond motifs is 1. The van der Waals surface area contributed by atoms with Crippen LogP contribution in [0.3, 0.4) is 0 Å². The highest BCUT2D eigenvalue weighted by Gasteiger charge is 2.19. The molecule has 0 bridgehead atoms. The van der Waals surface area contributed by atoms with Crippen molar-refractivity contribution < 1.29 is 14.3 Å². The number of carbonyl (C=O) groups excluding carboxylic acids is 2. The molecule has 0 atom stereocenters. The fraction of sp³-hybridized carbons (Fsp3) is 0.350. The van der Waals surface area contributed by atoms with E-state index in [2.05, 4.69) is 4.98 Å². The standard InChI is InChI=1S/C20H22N4O5/c1-11-6-13(3)14(7-12(11)2)15(25)9-29-16(26)8-24-19(27)17-18(21-10-22(17)4)23(5)20(24)28/h6-7,10H,8-9H2,1-5H3. The summed E-state index contributed by atoms with van der Waals surface area (Å²) < 4.78 is 8.48. The molecule has 0 saturated carbocycles. The maximum absolute atomic E-state index is 12.6. The lowest BCUT2D eigenvalue weighted by Gasteiger charge is -2.11. The molecule has 0 aliphatic rings. The van der Waals surface area contributed by atoms with Crippen molar-refractivity contribution in [2.45, 2.75) is 27.3 Å². The lowest BCUT2D eigenvalue weighted by molar-refractivity contribution is -0.143. The van der Waals surface area contributed by atoms with Crippen LogP contribution in [-0.4, -0.2) is 37.0 Å². The van der Waals surface area contributed by atoms with E-state index >= 15 is 0 Å². The van der Waals surface area contributed by atoms with Gasteiger partial charge in [-0.05, 0) is 43.5 Å². The van der Waals surface area contributed by atoms with E-state index in [0.717, 1.165) is 21.3 Å². The van der Waals surface area contributed by atoms with Gasteiger partial charge in [0.05, 0.1) is 6.33 Å². The van der Waals surface area contributed by atoms with Crippen LogP contribution in [0.4, 0.5) is 0 Å². The predicted octanol–water partition coefficient (Wildman–Crippen LogP) is 0.785. The number of nitrogens with zero attached hydrogens (tertiary/aromatic N) is 4. The molecule has 1 aromatic carbocycles. The summed E-state index contributed by atoms with van der Waals surface area (Å²) in [6.07, 6.45) is 1.42. The van der Waals surface area contributed by atoms with Crippen LogP contribution in [0.1, 0.15) is 27.0 Å². The lowest BCUT2D eigenvalue weighted by atomic mass is 9.98. The average molecular weight is 398 g/mol. The van der Waals surface area contributed by atoms with Crippen LogP contribution in [0.2, 0.25) is 0 Å². The Morgan fingerprint density at radius 3 is 2.38 bits per heavy atom. The van der Waals surface area contributed by atoms with Gasteiger partial charge in [0.2, 0.25) is 5.78 Å². The van der Waals surface area contributed by atoms with Crippen molar-refractivity contribution >= 4 is 22.9 Å². The first-order valence-electron chi connectivity index (χ1n) is 8.99. The van der Waals surface area contributed by atoms with E-state index in [0.29, 0.717) is 5.56 Å². The summed E-state index contributed by atoms with van der Waals surface area (Å²) >= 11 is 0. The molecule has 0 N–H and O–H groups in total. The quantitative estimate of drug-likeness (QED) is 0.465. The maximum atomic E-state index is 12.6. The summed E-state index contributed by atoms with van der Waals surface area (Å²) in [7, 11) is 3.08. The van der Waals surface area contributed by atoms with Gasteiger partial charge in [-0.25, -0.2) is 14.3 Å². The Morgan fingerprint density at radius 2 is 1.69 bits per heavy atom. The highest BCUT2D eigenvalue weighted by atomic mass is 16.5. The Hall–Kier alpha value is -3.49. The molecule has 0 amide bonds. The van der Waals surface area contributed by atoms with Crippen molar-refractivity contribution in [3.05, 3.63) is 61.6 Å². The Kier molecular flexibility index (Phi) is 5.23. The van der Waals surface area contributed by atoms with E-state index in [4.69, 9.17) is 4.74 Å². The van der Waals surface area contributed by atoms with Gasteiger partial charge in [0.25, 0.3) is 5.56 Å². The van der Waals surface area contributed by atoms with Gasteiger partial charge in [-0.3, -0.25) is 19.0 Å². The molecule has 2 heterocycles. The first kappa shape index (κ1) is 20.2. The van der Waals surface area contributed by atoms with Crippen molar-refractivity contribution in [2.75, 3.05) is 6.61 Å². The van der Waals surface area contributed by atoms with Gasteiger partial charge in [-0.2, -0.15) is 0 Å². The van der Waals surface area contributed by atoms with Gasteiger partial charge >= 0.3 is 11.7 Å². The second kappa shape index (κ2) is 7.50. The number of hydrogen-bond donors (Lipinski definition) is 0. The molecule has 0 aliphatic heterocycles. The van der Waals surface area contributed by atoms with E-state index in [1.54, 1.807) is 13.1 Å². The SMILES string of the molecule is Cc1cc(C)c(C(=O)COC(=O)Cn2c(=O)c3c(ncn3C)n(C)c2=O)cc1C. The number of aromatic nitrogens is 4. The molecule has 0 saturated heterocycles. The zero-order chi connectivity index (χ0) is 21.5. The highest BCUT2D eigenvalue weighted by Crippen LogP contribution is 2.16. The molecule has 9 heteroatoms. The number of imidazole rings is 1. The second-order valence-corrected chi connectivity index (χ2v) is 7.10. The summed E-state index contributed by atoms with van der Waals surface area (Å²) in [4.78, 5) is 53.7. The normalized spacial score (nSPS) is 11.1. The number of Topliss-reactive ketones (excluding diaryl/α,β-unsaturated/α-hetero) is 1. The second-order valence-electron chi connectivity index (χ2n) is 7.10. The molecule has 0 unspecified atom stereocenters. The Labute approximate surface area is 166 Å². The molecule has 29 heavy (non-hydrogen) atoms. The van der Waals surface area contributed by atoms with Gasteiger partial charge in [0.1, 0.15) is 6.54 Å². The third-order valence-corrected chi connectivity index (χ3v) is 4.99. The number of ketones is 1. The van der Waals surface area contributed by atoms with Crippen molar-refractivity contribution in [3.63, 3.8) is 0 Å². The Morgan fingerprint density at radius 1 is 1.03 bits per heavy atom. The van der Waals surface area contributed by atoms with E-state index in [9.17, 15) is 19.2 Å². The molecular weight excluding hydrogens is 376 g/mol. The molecule has 0 radical (unpaired) electrons. The summed E-state index contributed by atoms with van der Waals surface area (Å²) in [5.41, 5.74) is 2.40. The maximum Gasteiger partial charge on any atom is 0.333 e. The number of carbonyl (C=O) groups is 2. The molecule has 9 nitrogen and oxygen atoms in total. The van der Waals surface area contributed by atoms with E-state index in [1.165, 1.54) is 22.5 Å². The topological polar surface area (TPSA) is 105 Å². The number of aryl methyl sites for hydroxylation is 5. The largest absolute Gasteiger partial charge is 0.456 e. The van der Waals surface area contributed by atoms with Crippen LogP contribution >= 0.6 is 0 Å². The van der Waals surface area contributed by atoms with Gasteiger partial charge in [-0.1, -0.05) is 6.07 Å². The molecule has 2 aromatic heterocycles. The molecule has 3 aromatic rings. The van der Waals surface area contributed by atoms with Crippen LogP contribution in [-0.2, 0) is 30.2 Å². The van der Waals surface area contributed by atoms with Gasteiger partial charge in [-0.15, -0.1) is 0 Å². The first-order valence-corrected chi connectivity index (χ1v) is 8.99.